The number of benzene rings is 2. The van der Waals surface area contributed by atoms with Crippen LogP contribution in [0.2, 0.25) is 0 Å². The van der Waals surface area contributed by atoms with E-state index in [1.54, 1.807) is 12.1 Å². The molecule has 24 heavy (non-hydrogen) atoms. The molecule has 7 heteroatoms. The molecular weight excluding hydrogens is 394 g/mol. The summed E-state index contributed by atoms with van der Waals surface area (Å²) in [6, 6.07) is 12.5. The van der Waals surface area contributed by atoms with Crippen molar-refractivity contribution in [2.75, 3.05) is 27.3 Å². The number of hydrogen-bond acceptors (Lipinski definition) is 4. The smallest absolute Gasteiger partial charge is 0.246 e. The first-order chi connectivity index (χ1) is 11.3. The second-order valence-electron chi connectivity index (χ2n) is 5.28. The number of sulfonamides is 1. The van der Waals surface area contributed by atoms with E-state index in [4.69, 9.17) is 9.47 Å². The van der Waals surface area contributed by atoms with Crippen LogP contribution in [0, 0.1) is 6.92 Å². The van der Waals surface area contributed by atoms with E-state index in [9.17, 15) is 8.42 Å². The van der Waals surface area contributed by atoms with Gasteiger partial charge in [-0.05, 0) is 48.9 Å². The van der Waals surface area contributed by atoms with Gasteiger partial charge in [-0.1, -0.05) is 22.0 Å². The number of nitrogens with zero attached hydrogens (tertiary/aromatic N) is 1. The third-order valence-corrected chi connectivity index (χ3v) is 5.90. The molecule has 0 fully saturated rings. The molecule has 0 spiro atoms. The molecule has 2 aromatic rings. The van der Waals surface area contributed by atoms with Crippen LogP contribution in [0.15, 0.2) is 51.8 Å². The normalized spacial score (nSPS) is 11.5. The van der Waals surface area contributed by atoms with Gasteiger partial charge in [0.05, 0.1) is 7.11 Å². The van der Waals surface area contributed by atoms with Crippen molar-refractivity contribution < 1.29 is 17.9 Å². The first-order valence-corrected chi connectivity index (χ1v) is 9.57. The predicted molar refractivity (Wildman–Crippen MR) is 97.2 cm³/mol. The second-order valence-corrected chi connectivity index (χ2v) is 8.21. The van der Waals surface area contributed by atoms with Crippen LogP contribution in [0.25, 0.3) is 0 Å². The Labute approximate surface area is 151 Å². The minimum absolute atomic E-state index is 0.163. The Morgan fingerprint density at radius 1 is 1.12 bits per heavy atom. The summed E-state index contributed by atoms with van der Waals surface area (Å²) in [4.78, 5) is 0.163. The van der Waals surface area contributed by atoms with Gasteiger partial charge in [0.1, 0.15) is 23.0 Å². The molecular formula is C17H20BrNO4S. The molecule has 0 bridgehead atoms. The van der Waals surface area contributed by atoms with Gasteiger partial charge in [-0.15, -0.1) is 0 Å². The molecule has 0 N–H and O–H groups in total. The predicted octanol–water partition coefficient (Wildman–Crippen LogP) is 3.47. The van der Waals surface area contributed by atoms with E-state index in [0.29, 0.717) is 11.5 Å². The largest absolute Gasteiger partial charge is 0.495 e. The molecule has 0 saturated heterocycles. The molecule has 0 aliphatic heterocycles. The van der Waals surface area contributed by atoms with Crippen LogP contribution in [0.1, 0.15) is 5.56 Å². The maximum atomic E-state index is 12.7. The summed E-state index contributed by atoms with van der Waals surface area (Å²) in [7, 11) is -0.656. The zero-order chi connectivity index (χ0) is 17.7. The molecule has 130 valence electrons. The highest BCUT2D eigenvalue weighted by molar-refractivity contribution is 9.10. The van der Waals surface area contributed by atoms with Crippen LogP contribution in [0.3, 0.4) is 0 Å². The van der Waals surface area contributed by atoms with Crippen LogP contribution >= 0.6 is 15.9 Å². The van der Waals surface area contributed by atoms with Gasteiger partial charge in [-0.3, -0.25) is 0 Å². The van der Waals surface area contributed by atoms with E-state index in [-0.39, 0.29) is 18.0 Å². The van der Waals surface area contributed by atoms with Gasteiger partial charge in [-0.25, -0.2) is 8.42 Å². The van der Waals surface area contributed by atoms with E-state index in [2.05, 4.69) is 15.9 Å². The Hall–Kier alpha value is -1.57. The first-order valence-electron chi connectivity index (χ1n) is 7.34. The summed E-state index contributed by atoms with van der Waals surface area (Å²) >= 11 is 3.35. The summed E-state index contributed by atoms with van der Waals surface area (Å²) in [5, 5.41) is 0. The summed E-state index contributed by atoms with van der Waals surface area (Å²) < 4.78 is 38.5. The maximum absolute atomic E-state index is 12.7. The van der Waals surface area contributed by atoms with Crippen molar-refractivity contribution in [2.24, 2.45) is 0 Å². The van der Waals surface area contributed by atoms with Gasteiger partial charge in [0.25, 0.3) is 0 Å². The third kappa shape index (κ3) is 4.49. The minimum Gasteiger partial charge on any atom is -0.495 e. The minimum atomic E-state index is -3.64. The fourth-order valence-electron chi connectivity index (χ4n) is 2.10. The highest BCUT2D eigenvalue weighted by Gasteiger charge is 2.24. The molecule has 5 nitrogen and oxygen atoms in total. The van der Waals surface area contributed by atoms with Gasteiger partial charge >= 0.3 is 0 Å². The topological polar surface area (TPSA) is 55.8 Å². The molecule has 0 saturated carbocycles. The van der Waals surface area contributed by atoms with Crippen molar-refractivity contribution >= 4 is 26.0 Å². The maximum Gasteiger partial charge on any atom is 0.246 e. The van der Waals surface area contributed by atoms with Crippen LogP contribution in [0.5, 0.6) is 11.5 Å². The number of halogens is 1. The highest BCUT2D eigenvalue weighted by atomic mass is 79.9. The molecule has 0 aromatic heterocycles. The molecule has 0 unspecified atom stereocenters. The van der Waals surface area contributed by atoms with Gasteiger partial charge < -0.3 is 9.47 Å². The van der Waals surface area contributed by atoms with E-state index >= 15 is 0 Å². The standard InChI is InChI=1S/C17H20BrNO4S/c1-13-4-9-16(22-3)17(12-13)24(20,21)19(2)10-11-23-15-7-5-14(18)6-8-15/h4-9,12H,10-11H2,1-3H3. The summed E-state index contributed by atoms with van der Waals surface area (Å²) in [5.74, 6) is 1.03. The van der Waals surface area contributed by atoms with E-state index in [1.165, 1.54) is 18.5 Å². The second kappa shape index (κ2) is 8.00. The lowest BCUT2D eigenvalue weighted by molar-refractivity contribution is 0.286. The highest BCUT2D eigenvalue weighted by Crippen LogP contribution is 2.27. The zero-order valence-electron chi connectivity index (χ0n) is 13.8. The number of aryl methyl sites for hydroxylation is 1. The van der Waals surface area contributed by atoms with Crippen molar-refractivity contribution in [1.82, 2.24) is 4.31 Å². The fourth-order valence-corrected chi connectivity index (χ4v) is 3.75. The Balaban J connectivity index is 2.06. The van der Waals surface area contributed by atoms with E-state index in [0.717, 1.165) is 10.0 Å². The lowest BCUT2D eigenvalue weighted by atomic mass is 10.2. The van der Waals surface area contributed by atoms with E-state index in [1.807, 2.05) is 37.3 Å². The number of methoxy groups -OCH3 is 1. The molecule has 0 aliphatic carbocycles. The third-order valence-electron chi connectivity index (χ3n) is 3.50. The zero-order valence-corrected chi connectivity index (χ0v) is 16.2. The van der Waals surface area contributed by atoms with Crippen molar-refractivity contribution in [3.63, 3.8) is 0 Å². The Kier molecular flexibility index (Phi) is 6.26. The van der Waals surface area contributed by atoms with Gasteiger partial charge in [0.2, 0.25) is 10.0 Å². The lowest BCUT2D eigenvalue weighted by Gasteiger charge is -2.19. The van der Waals surface area contributed by atoms with Crippen molar-refractivity contribution in [2.45, 2.75) is 11.8 Å². The molecule has 0 aliphatic rings. The van der Waals surface area contributed by atoms with Crippen molar-refractivity contribution in [3.05, 3.63) is 52.5 Å². The lowest BCUT2D eigenvalue weighted by Crippen LogP contribution is -2.31. The molecule has 2 aromatic carbocycles. The molecule has 2 rings (SSSR count). The Bertz CT molecular complexity index is 791. The number of ether oxygens (including phenoxy) is 2. The first kappa shape index (κ1) is 18.8. The van der Waals surface area contributed by atoms with Gasteiger partial charge in [-0.2, -0.15) is 4.31 Å². The SMILES string of the molecule is COc1ccc(C)cc1S(=O)(=O)N(C)CCOc1ccc(Br)cc1. The number of likely N-dealkylation sites (N-methyl/N-ethyl adjacent to an activating group) is 1. The van der Waals surface area contributed by atoms with Crippen LogP contribution in [0.4, 0.5) is 0 Å². The summed E-state index contributed by atoms with van der Waals surface area (Å²) in [6.45, 7) is 2.33. The summed E-state index contributed by atoms with van der Waals surface area (Å²) in [6.07, 6.45) is 0. The van der Waals surface area contributed by atoms with Crippen LogP contribution in [-0.2, 0) is 10.0 Å². The number of rotatable bonds is 7. The van der Waals surface area contributed by atoms with Gasteiger partial charge in [0.15, 0.2) is 0 Å². The average Bonchev–Trinajstić information content (AvgIpc) is 2.56. The van der Waals surface area contributed by atoms with E-state index < -0.39 is 10.0 Å². The summed E-state index contributed by atoms with van der Waals surface area (Å²) in [5.41, 5.74) is 0.855. The molecule has 0 radical (unpaired) electrons. The Morgan fingerprint density at radius 2 is 1.79 bits per heavy atom. The fraction of sp³-hybridized carbons (Fsp3) is 0.294. The quantitative estimate of drug-likeness (QED) is 0.697. The molecule has 0 atom stereocenters. The Morgan fingerprint density at radius 3 is 2.42 bits per heavy atom. The monoisotopic (exact) mass is 413 g/mol. The van der Waals surface area contributed by atoms with Crippen molar-refractivity contribution in [1.29, 1.82) is 0 Å². The molecule has 0 heterocycles. The number of hydrogen-bond donors (Lipinski definition) is 0. The van der Waals surface area contributed by atoms with Crippen LogP contribution in [-0.4, -0.2) is 40.0 Å². The van der Waals surface area contributed by atoms with Crippen molar-refractivity contribution in [3.8, 4) is 11.5 Å². The van der Waals surface area contributed by atoms with Crippen LogP contribution < -0.4 is 9.47 Å². The van der Waals surface area contributed by atoms with Gasteiger partial charge in [0, 0.05) is 18.1 Å². The molecule has 0 amide bonds. The average molecular weight is 414 g/mol.